The van der Waals surface area contributed by atoms with E-state index < -0.39 is 11.6 Å². The number of pyridine rings is 2. The maximum Gasteiger partial charge on any atom is 0.343 e. The molecule has 7 nitrogen and oxygen atoms in total. The zero-order chi connectivity index (χ0) is 19.6. The number of para-hydroxylation sites is 1. The lowest BCUT2D eigenvalue weighted by molar-refractivity contribution is -0.172. The van der Waals surface area contributed by atoms with Gasteiger partial charge in [0.25, 0.3) is 5.56 Å². The molecule has 1 aromatic carbocycles. The highest BCUT2D eigenvalue weighted by Gasteiger charge is 2.45. The Labute approximate surface area is 159 Å². The van der Waals surface area contributed by atoms with Gasteiger partial charge in [-0.25, -0.2) is 9.78 Å². The third-order valence-electron chi connectivity index (χ3n) is 5.79. The van der Waals surface area contributed by atoms with Crippen molar-refractivity contribution in [2.75, 3.05) is 0 Å². The summed E-state index contributed by atoms with van der Waals surface area (Å²) in [6, 6.07) is 9.24. The van der Waals surface area contributed by atoms with E-state index in [1.165, 1.54) is 0 Å². The van der Waals surface area contributed by atoms with Gasteiger partial charge < -0.3 is 19.5 Å². The number of hydrogen-bond donors (Lipinski definition) is 2. The molecule has 0 radical (unpaired) electrons. The summed E-state index contributed by atoms with van der Waals surface area (Å²) < 4.78 is 6.68. The van der Waals surface area contributed by atoms with Crippen LogP contribution in [0.3, 0.4) is 0 Å². The number of aromatic nitrogens is 2. The van der Waals surface area contributed by atoms with Crippen molar-refractivity contribution in [3.8, 4) is 11.4 Å². The molecule has 0 fully saturated rings. The van der Waals surface area contributed by atoms with Gasteiger partial charge in [0.1, 0.15) is 6.61 Å². The average Bonchev–Trinajstić information content (AvgIpc) is 3.07. The molecular formula is C21H18N2O5. The summed E-state index contributed by atoms with van der Waals surface area (Å²) in [7, 11) is 0. The molecule has 0 bridgehead atoms. The third kappa shape index (κ3) is 2.08. The maximum absolute atomic E-state index is 13.1. The van der Waals surface area contributed by atoms with Gasteiger partial charge in [-0.05, 0) is 18.6 Å². The molecule has 0 saturated carbocycles. The molecule has 28 heavy (non-hydrogen) atoms. The normalized spacial score (nSPS) is 19.9. The average molecular weight is 378 g/mol. The van der Waals surface area contributed by atoms with Crippen LogP contribution in [-0.2, 0) is 34.9 Å². The molecule has 5 rings (SSSR count). The smallest absolute Gasteiger partial charge is 0.343 e. The van der Waals surface area contributed by atoms with Gasteiger partial charge in [0.2, 0.25) is 0 Å². The van der Waals surface area contributed by atoms with Crippen molar-refractivity contribution in [1.82, 2.24) is 9.55 Å². The molecule has 0 amide bonds. The number of carbonyl (C=O) groups excluding carboxylic acids is 1. The van der Waals surface area contributed by atoms with Crippen LogP contribution in [0, 0.1) is 0 Å². The first-order valence-corrected chi connectivity index (χ1v) is 9.17. The third-order valence-corrected chi connectivity index (χ3v) is 5.79. The minimum absolute atomic E-state index is 0.106. The Hall–Kier alpha value is -3.03. The predicted octanol–water partition coefficient (Wildman–Crippen LogP) is 1.57. The largest absolute Gasteiger partial charge is 0.458 e. The Morgan fingerprint density at radius 3 is 2.86 bits per heavy atom. The number of aliphatic hydroxyl groups is 2. The van der Waals surface area contributed by atoms with E-state index in [0.717, 1.165) is 10.9 Å². The molecule has 142 valence electrons. The highest BCUT2D eigenvalue weighted by molar-refractivity contribution is 5.87. The van der Waals surface area contributed by atoms with Gasteiger partial charge in [-0.1, -0.05) is 25.1 Å². The van der Waals surface area contributed by atoms with E-state index in [1.807, 2.05) is 24.3 Å². The SMILES string of the molecule is CC[C@@]1(O)C(=O)OCc2c1cc1n(c2=O)Cc2cc3cccc(CO)c3nc2-1. The number of fused-ring (bicyclic) bond motifs is 5. The molecular weight excluding hydrogens is 360 g/mol. The minimum Gasteiger partial charge on any atom is -0.458 e. The van der Waals surface area contributed by atoms with E-state index >= 15 is 0 Å². The standard InChI is InChI=1S/C21H18N2O5/c1-2-21(27)15-7-16-18-13(6-11-4-3-5-12(9-24)17(11)22-18)8-23(16)19(25)14(15)10-28-20(21)26/h3-7,24,27H,2,8-10H2,1H3/t21-/m0/s1. The lowest BCUT2D eigenvalue weighted by atomic mass is 9.86. The molecule has 4 heterocycles. The second-order valence-corrected chi connectivity index (χ2v) is 7.25. The number of cyclic esters (lactones) is 1. The maximum atomic E-state index is 13.1. The van der Waals surface area contributed by atoms with Crippen molar-refractivity contribution in [2.24, 2.45) is 0 Å². The molecule has 2 aliphatic rings. The fourth-order valence-corrected chi connectivity index (χ4v) is 4.20. The van der Waals surface area contributed by atoms with E-state index in [1.54, 1.807) is 17.6 Å². The van der Waals surface area contributed by atoms with Crippen molar-refractivity contribution < 1.29 is 19.7 Å². The van der Waals surface area contributed by atoms with Crippen molar-refractivity contribution >= 4 is 16.9 Å². The Morgan fingerprint density at radius 1 is 1.29 bits per heavy atom. The van der Waals surface area contributed by atoms with Crippen LogP contribution in [0.25, 0.3) is 22.3 Å². The van der Waals surface area contributed by atoms with Crippen molar-refractivity contribution in [1.29, 1.82) is 0 Å². The summed E-state index contributed by atoms with van der Waals surface area (Å²) in [6.45, 7) is 1.76. The highest BCUT2D eigenvalue weighted by Crippen LogP contribution is 2.38. The number of ether oxygens (including phenoxy) is 1. The van der Waals surface area contributed by atoms with Crippen molar-refractivity contribution in [3.63, 3.8) is 0 Å². The molecule has 2 aliphatic heterocycles. The summed E-state index contributed by atoms with van der Waals surface area (Å²) in [5.41, 5.74) is 1.94. The Balaban J connectivity index is 1.81. The number of nitrogens with zero attached hydrogens (tertiary/aromatic N) is 2. The van der Waals surface area contributed by atoms with E-state index in [4.69, 9.17) is 9.72 Å². The lowest BCUT2D eigenvalue weighted by Gasteiger charge is -2.31. The first-order valence-electron chi connectivity index (χ1n) is 9.17. The van der Waals surface area contributed by atoms with Crippen LogP contribution in [0.5, 0.6) is 0 Å². The molecule has 0 spiro atoms. The predicted molar refractivity (Wildman–Crippen MR) is 100 cm³/mol. The Bertz CT molecular complexity index is 1230. The van der Waals surface area contributed by atoms with E-state index in [2.05, 4.69) is 0 Å². The topological polar surface area (TPSA) is 102 Å². The first-order chi connectivity index (χ1) is 13.5. The van der Waals surface area contributed by atoms with Crippen LogP contribution in [0.4, 0.5) is 0 Å². The molecule has 0 unspecified atom stereocenters. The fraction of sp³-hybridized carbons (Fsp3) is 0.286. The molecule has 0 saturated heterocycles. The Morgan fingerprint density at radius 2 is 2.11 bits per heavy atom. The summed E-state index contributed by atoms with van der Waals surface area (Å²) in [5, 5.41) is 21.4. The van der Waals surface area contributed by atoms with E-state index in [-0.39, 0.29) is 25.2 Å². The van der Waals surface area contributed by atoms with Gasteiger partial charge in [-0.2, -0.15) is 0 Å². The minimum atomic E-state index is -1.84. The van der Waals surface area contributed by atoms with Gasteiger partial charge in [0, 0.05) is 22.1 Å². The number of hydrogen-bond acceptors (Lipinski definition) is 6. The first kappa shape index (κ1) is 17.1. The van der Waals surface area contributed by atoms with Crippen LogP contribution < -0.4 is 5.56 Å². The van der Waals surface area contributed by atoms with Crippen LogP contribution in [0.2, 0.25) is 0 Å². The lowest BCUT2D eigenvalue weighted by Crippen LogP contribution is -2.44. The molecule has 7 heteroatoms. The molecule has 3 aromatic rings. The van der Waals surface area contributed by atoms with Crippen LogP contribution in [0.15, 0.2) is 35.1 Å². The summed E-state index contributed by atoms with van der Waals surface area (Å²) in [5.74, 6) is -0.737. The van der Waals surface area contributed by atoms with Gasteiger partial charge in [0.15, 0.2) is 5.60 Å². The van der Waals surface area contributed by atoms with Crippen molar-refractivity contribution in [3.05, 3.63) is 62.9 Å². The molecule has 0 aliphatic carbocycles. The summed E-state index contributed by atoms with van der Waals surface area (Å²) in [6.07, 6.45) is 0.106. The van der Waals surface area contributed by atoms with Gasteiger partial charge >= 0.3 is 5.97 Å². The number of benzene rings is 1. The molecule has 1 atom stereocenters. The van der Waals surface area contributed by atoms with Crippen molar-refractivity contribution in [2.45, 2.75) is 38.7 Å². The van der Waals surface area contributed by atoms with Gasteiger partial charge in [0.05, 0.1) is 35.6 Å². The zero-order valence-corrected chi connectivity index (χ0v) is 15.2. The number of aliphatic hydroxyl groups excluding tert-OH is 1. The highest BCUT2D eigenvalue weighted by atomic mass is 16.6. The summed E-state index contributed by atoms with van der Waals surface area (Å²) >= 11 is 0. The van der Waals surface area contributed by atoms with Crippen LogP contribution >= 0.6 is 0 Å². The quantitative estimate of drug-likeness (QED) is 0.514. The van der Waals surface area contributed by atoms with Gasteiger partial charge in [-0.3, -0.25) is 4.79 Å². The number of carbonyl (C=O) groups is 1. The zero-order valence-electron chi connectivity index (χ0n) is 15.2. The second kappa shape index (κ2) is 5.73. The second-order valence-electron chi connectivity index (χ2n) is 7.25. The van der Waals surface area contributed by atoms with Crippen LogP contribution in [-0.4, -0.2) is 25.7 Å². The number of rotatable bonds is 2. The van der Waals surface area contributed by atoms with E-state index in [9.17, 15) is 19.8 Å². The number of esters is 1. The Kier molecular flexibility index (Phi) is 3.50. The monoisotopic (exact) mass is 378 g/mol. The van der Waals surface area contributed by atoms with Gasteiger partial charge in [-0.15, -0.1) is 0 Å². The molecule has 2 aromatic heterocycles. The van der Waals surface area contributed by atoms with E-state index in [0.29, 0.717) is 40.1 Å². The fourth-order valence-electron chi connectivity index (χ4n) is 4.20. The molecule has 2 N–H and O–H groups in total. The van der Waals surface area contributed by atoms with Crippen LogP contribution in [0.1, 0.15) is 35.6 Å². The summed E-state index contributed by atoms with van der Waals surface area (Å²) in [4.78, 5) is 30.0.